The zero-order valence-corrected chi connectivity index (χ0v) is 8.81. The first-order chi connectivity index (χ1) is 5.80. The van der Waals surface area contributed by atoms with Gasteiger partial charge in [-0.2, -0.15) is 0 Å². The number of hydrogen-bond donors (Lipinski definition) is 1. The molecule has 1 rings (SSSR count). The molecule has 0 aromatic heterocycles. The van der Waals surface area contributed by atoms with Crippen molar-refractivity contribution in [2.24, 2.45) is 0 Å². The third-order valence-electron chi connectivity index (χ3n) is 1.14. The van der Waals surface area contributed by atoms with E-state index in [0.717, 1.165) is 0 Å². The van der Waals surface area contributed by atoms with E-state index in [1.54, 1.807) is 6.92 Å². The molecule has 0 aromatic rings. The molecule has 0 radical (unpaired) electrons. The summed E-state index contributed by atoms with van der Waals surface area (Å²) in [5.74, 6) is -0.00347. The monoisotopic (exact) mass is 175 g/mol. The quantitative estimate of drug-likeness (QED) is 0.607. The molecule has 0 bridgehead atoms. The first kappa shape index (κ1) is 14.0. The summed E-state index contributed by atoms with van der Waals surface area (Å²) in [5.41, 5.74) is 0. The lowest BCUT2D eigenvalue weighted by Crippen LogP contribution is -2.42. The van der Waals surface area contributed by atoms with Gasteiger partial charge in [-0.1, -0.05) is 27.7 Å². The Labute approximate surface area is 75.5 Å². The number of carbonyl (C=O) groups is 1. The molecule has 1 fully saturated rings. The minimum Gasteiger partial charge on any atom is -0.367 e. The van der Waals surface area contributed by atoms with Crippen molar-refractivity contribution >= 4 is 5.91 Å². The van der Waals surface area contributed by atoms with Crippen LogP contribution in [0.2, 0.25) is 0 Å². The number of carbonyl (C=O) groups excluding carboxylic acids is 1. The Balaban J connectivity index is 0. The number of morpholine rings is 1. The van der Waals surface area contributed by atoms with E-state index in [4.69, 9.17) is 4.74 Å². The van der Waals surface area contributed by atoms with E-state index < -0.39 is 0 Å². The van der Waals surface area contributed by atoms with Gasteiger partial charge in [-0.15, -0.1) is 0 Å². The van der Waals surface area contributed by atoms with Crippen LogP contribution in [-0.2, 0) is 9.53 Å². The highest BCUT2D eigenvalue weighted by Gasteiger charge is 2.15. The summed E-state index contributed by atoms with van der Waals surface area (Å²) >= 11 is 0. The zero-order valence-electron chi connectivity index (χ0n) is 8.81. The molecule has 1 amide bonds. The Morgan fingerprint density at radius 2 is 1.83 bits per heavy atom. The fourth-order valence-corrected chi connectivity index (χ4v) is 0.629. The van der Waals surface area contributed by atoms with Gasteiger partial charge in [0.15, 0.2) is 0 Å². The Morgan fingerprint density at radius 1 is 1.33 bits per heavy atom. The second kappa shape index (κ2) is 10.4. The molecule has 74 valence electrons. The summed E-state index contributed by atoms with van der Waals surface area (Å²) in [6.07, 6.45) is -0.247. The summed E-state index contributed by atoms with van der Waals surface area (Å²) < 4.78 is 4.98. The molecule has 0 spiro atoms. The molecule has 0 aromatic carbocycles. The van der Waals surface area contributed by atoms with Gasteiger partial charge < -0.3 is 10.1 Å². The highest BCUT2D eigenvalue weighted by molar-refractivity contribution is 5.80. The van der Waals surface area contributed by atoms with E-state index in [1.165, 1.54) is 0 Å². The summed E-state index contributed by atoms with van der Waals surface area (Å²) in [5, 5.41) is 2.67. The summed E-state index contributed by atoms with van der Waals surface area (Å²) in [6.45, 7) is 11.0. The normalized spacial score (nSPS) is 20.8. The van der Waals surface area contributed by atoms with Crippen LogP contribution in [0.15, 0.2) is 0 Å². The second-order valence-electron chi connectivity index (χ2n) is 1.80. The van der Waals surface area contributed by atoms with Gasteiger partial charge >= 0.3 is 0 Å². The number of amides is 1. The highest BCUT2D eigenvalue weighted by atomic mass is 16.5. The van der Waals surface area contributed by atoms with Crippen molar-refractivity contribution in [3.8, 4) is 0 Å². The van der Waals surface area contributed by atoms with E-state index >= 15 is 0 Å². The minimum atomic E-state index is -0.247. The van der Waals surface area contributed by atoms with Crippen molar-refractivity contribution in [1.29, 1.82) is 0 Å². The molecule has 3 nitrogen and oxygen atoms in total. The molecule has 1 saturated heterocycles. The van der Waals surface area contributed by atoms with Crippen LogP contribution >= 0.6 is 0 Å². The largest absolute Gasteiger partial charge is 0.367 e. The highest BCUT2D eigenvalue weighted by Crippen LogP contribution is 1.93. The molecule has 1 aliphatic heterocycles. The molecule has 3 heteroatoms. The summed E-state index contributed by atoms with van der Waals surface area (Å²) in [6, 6.07) is 0. The molecule has 12 heavy (non-hydrogen) atoms. The molecule has 0 aliphatic carbocycles. The van der Waals surface area contributed by atoms with Crippen molar-refractivity contribution in [2.75, 3.05) is 13.2 Å². The van der Waals surface area contributed by atoms with Gasteiger partial charge in [0, 0.05) is 6.54 Å². The van der Waals surface area contributed by atoms with Gasteiger partial charge in [0.2, 0.25) is 5.91 Å². The van der Waals surface area contributed by atoms with Gasteiger partial charge in [-0.3, -0.25) is 4.79 Å². The van der Waals surface area contributed by atoms with Crippen LogP contribution in [0, 0.1) is 0 Å². The van der Waals surface area contributed by atoms with E-state index in [0.29, 0.717) is 13.2 Å². The lowest BCUT2D eigenvalue weighted by molar-refractivity contribution is -0.136. The predicted octanol–water partition coefficient (Wildman–Crippen LogP) is 1.57. The van der Waals surface area contributed by atoms with E-state index in [1.807, 2.05) is 27.7 Å². The zero-order chi connectivity index (χ0) is 9.98. The molecule has 1 heterocycles. The maximum absolute atomic E-state index is 10.6. The first-order valence-electron chi connectivity index (χ1n) is 4.70. The van der Waals surface area contributed by atoms with Gasteiger partial charge in [-0.25, -0.2) is 0 Å². The van der Waals surface area contributed by atoms with Crippen molar-refractivity contribution in [1.82, 2.24) is 5.32 Å². The van der Waals surface area contributed by atoms with E-state index in [2.05, 4.69) is 5.32 Å². The number of ether oxygens (including phenoxy) is 1. The Morgan fingerprint density at radius 3 is 2.08 bits per heavy atom. The van der Waals surface area contributed by atoms with Gasteiger partial charge in [0.1, 0.15) is 6.10 Å². The standard InChI is InChI=1S/C5H9NO2.2C2H6/c1-4-5(7)6-2-3-8-4;2*1-2/h4H,2-3H2,1H3,(H,6,7);2*1-2H3. The Bertz CT molecular complexity index is 105. The maximum Gasteiger partial charge on any atom is 0.248 e. The third-order valence-corrected chi connectivity index (χ3v) is 1.14. The lowest BCUT2D eigenvalue weighted by Gasteiger charge is -2.18. The smallest absolute Gasteiger partial charge is 0.248 e. The average Bonchev–Trinajstić information content (AvgIpc) is 2.17. The van der Waals surface area contributed by atoms with Crippen molar-refractivity contribution in [2.45, 2.75) is 40.7 Å². The van der Waals surface area contributed by atoms with Crippen LogP contribution in [0.4, 0.5) is 0 Å². The fraction of sp³-hybridized carbons (Fsp3) is 0.889. The van der Waals surface area contributed by atoms with Crippen LogP contribution in [0.3, 0.4) is 0 Å². The lowest BCUT2D eigenvalue weighted by atomic mass is 10.3. The van der Waals surface area contributed by atoms with Crippen LogP contribution in [0.25, 0.3) is 0 Å². The number of nitrogens with one attached hydrogen (secondary N) is 1. The summed E-state index contributed by atoms with van der Waals surface area (Å²) in [7, 11) is 0. The van der Waals surface area contributed by atoms with Crippen molar-refractivity contribution in [3.63, 3.8) is 0 Å². The van der Waals surface area contributed by atoms with Crippen molar-refractivity contribution < 1.29 is 9.53 Å². The maximum atomic E-state index is 10.6. The SMILES string of the molecule is CC.CC.CC1OCCNC1=O. The van der Waals surface area contributed by atoms with Crippen LogP contribution in [0.5, 0.6) is 0 Å². The number of rotatable bonds is 0. The first-order valence-corrected chi connectivity index (χ1v) is 4.70. The molecule has 0 saturated carbocycles. The van der Waals surface area contributed by atoms with Crippen molar-refractivity contribution in [3.05, 3.63) is 0 Å². The topological polar surface area (TPSA) is 38.3 Å². The Hall–Kier alpha value is -0.570. The minimum absolute atomic E-state index is 0.00347. The average molecular weight is 175 g/mol. The molecular formula is C9H21NO2. The summed E-state index contributed by atoms with van der Waals surface area (Å²) in [4.78, 5) is 10.6. The second-order valence-corrected chi connectivity index (χ2v) is 1.80. The fourth-order valence-electron chi connectivity index (χ4n) is 0.629. The van der Waals surface area contributed by atoms with Crippen LogP contribution in [-0.4, -0.2) is 25.2 Å². The molecular weight excluding hydrogens is 154 g/mol. The predicted molar refractivity (Wildman–Crippen MR) is 51.1 cm³/mol. The Kier molecular flexibility index (Phi) is 12.2. The molecule has 1 atom stereocenters. The molecule has 1 unspecified atom stereocenters. The van der Waals surface area contributed by atoms with E-state index in [-0.39, 0.29) is 12.0 Å². The number of hydrogen-bond acceptors (Lipinski definition) is 2. The van der Waals surface area contributed by atoms with Gasteiger partial charge in [-0.05, 0) is 6.92 Å². The van der Waals surface area contributed by atoms with Crippen LogP contribution < -0.4 is 5.32 Å². The third kappa shape index (κ3) is 6.16. The van der Waals surface area contributed by atoms with E-state index in [9.17, 15) is 4.79 Å². The molecule has 1 N–H and O–H groups in total. The molecule has 1 aliphatic rings. The van der Waals surface area contributed by atoms with Gasteiger partial charge in [0.25, 0.3) is 0 Å². The van der Waals surface area contributed by atoms with Crippen LogP contribution in [0.1, 0.15) is 34.6 Å². The van der Waals surface area contributed by atoms with Gasteiger partial charge in [0.05, 0.1) is 6.61 Å².